The molecule has 94 valence electrons. The van der Waals surface area contributed by atoms with Gasteiger partial charge in [0.15, 0.2) is 0 Å². The molecule has 0 saturated heterocycles. The van der Waals surface area contributed by atoms with Crippen molar-refractivity contribution in [3.05, 3.63) is 0 Å². The van der Waals surface area contributed by atoms with Crippen molar-refractivity contribution in [3.63, 3.8) is 0 Å². The Hall–Kier alpha value is -1.34. The van der Waals surface area contributed by atoms with E-state index >= 15 is 0 Å². The number of carbonyl (C=O) groups is 1. The quantitative estimate of drug-likeness (QED) is 0.141. The number of nitrogens with zero attached hydrogens (tertiary/aromatic N) is 1. The Morgan fingerprint density at radius 2 is 2.19 bits per heavy atom. The van der Waals surface area contributed by atoms with Crippen LogP contribution < -0.4 is 21.9 Å². The molecule has 0 aromatic rings. The molecule has 7 heteroatoms. The molecule has 5 N–H and O–H groups in total. The molecule has 0 aliphatic heterocycles. The zero-order chi connectivity index (χ0) is 12.2. The van der Waals surface area contributed by atoms with Crippen molar-refractivity contribution in [2.45, 2.75) is 13.3 Å². The van der Waals surface area contributed by atoms with Gasteiger partial charge < -0.3 is 15.4 Å². The summed E-state index contributed by atoms with van der Waals surface area (Å²) in [6, 6.07) is 0. The fraction of sp³-hybridized carbons (Fsp3) is 0.778. The second kappa shape index (κ2) is 10.2. The van der Waals surface area contributed by atoms with E-state index in [0.29, 0.717) is 32.1 Å². The number of ether oxygens (including phenoxy) is 1. The Morgan fingerprint density at radius 1 is 1.44 bits per heavy atom. The van der Waals surface area contributed by atoms with E-state index in [1.165, 1.54) is 0 Å². The van der Waals surface area contributed by atoms with Crippen molar-refractivity contribution in [1.29, 1.82) is 0 Å². The van der Waals surface area contributed by atoms with Crippen LogP contribution in [0.1, 0.15) is 13.3 Å². The second-order valence-electron chi connectivity index (χ2n) is 3.00. The summed E-state index contributed by atoms with van der Waals surface area (Å²) in [7, 11) is 1.59. The lowest BCUT2D eigenvalue weighted by Crippen LogP contribution is -2.41. The van der Waals surface area contributed by atoms with Gasteiger partial charge in [0.25, 0.3) is 0 Å². The lowest BCUT2D eigenvalue weighted by Gasteiger charge is -2.06. The number of methoxy groups -OCH3 is 1. The van der Waals surface area contributed by atoms with E-state index in [0.717, 1.165) is 6.54 Å². The van der Waals surface area contributed by atoms with Gasteiger partial charge in [-0.2, -0.15) is 0 Å². The van der Waals surface area contributed by atoms with Crippen molar-refractivity contribution in [1.82, 2.24) is 16.1 Å². The van der Waals surface area contributed by atoms with Crippen molar-refractivity contribution < 1.29 is 9.53 Å². The molecule has 0 aliphatic carbocycles. The Bertz CT molecular complexity index is 220. The van der Waals surface area contributed by atoms with Crippen LogP contribution in [0.2, 0.25) is 0 Å². The van der Waals surface area contributed by atoms with E-state index in [-0.39, 0.29) is 5.91 Å². The maximum absolute atomic E-state index is 11.2. The number of hydrogen-bond donors (Lipinski definition) is 4. The van der Waals surface area contributed by atoms with Crippen LogP contribution in [-0.4, -0.2) is 45.2 Å². The topological polar surface area (TPSA) is 101 Å². The van der Waals surface area contributed by atoms with Crippen LogP contribution in [0, 0.1) is 0 Å². The molecule has 0 atom stereocenters. The standard InChI is InChI=1S/C9H21N5O2/c1-3-11-9(14-10)13-5-4-8(15)12-6-7-16-2/h3-7,10H2,1-2H3,(H,12,15)(H2,11,13,14). The first-order valence-corrected chi connectivity index (χ1v) is 5.25. The molecule has 0 unspecified atom stereocenters. The second-order valence-corrected chi connectivity index (χ2v) is 3.00. The summed E-state index contributed by atoms with van der Waals surface area (Å²) in [5.41, 5.74) is 2.42. The molecule has 0 aliphatic rings. The third-order valence-corrected chi connectivity index (χ3v) is 1.72. The van der Waals surface area contributed by atoms with Crippen LogP contribution in [-0.2, 0) is 9.53 Å². The number of nitrogens with one attached hydrogen (secondary N) is 3. The zero-order valence-corrected chi connectivity index (χ0v) is 9.88. The number of aliphatic imine (C=N–C) groups is 1. The molecule has 7 nitrogen and oxygen atoms in total. The lowest BCUT2D eigenvalue weighted by atomic mass is 10.4. The summed E-state index contributed by atoms with van der Waals surface area (Å²) in [6.45, 7) is 4.09. The molecular formula is C9H21N5O2. The third-order valence-electron chi connectivity index (χ3n) is 1.72. The highest BCUT2D eigenvalue weighted by molar-refractivity contribution is 5.80. The van der Waals surface area contributed by atoms with Crippen LogP contribution in [0.5, 0.6) is 0 Å². The summed E-state index contributed by atoms with van der Waals surface area (Å²) in [5, 5.41) is 5.62. The first-order chi connectivity index (χ1) is 7.74. The molecular weight excluding hydrogens is 210 g/mol. The zero-order valence-electron chi connectivity index (χ0n) is 9.88. The molecule has 0 bridgehead atoms. The summed E-state index contributed by atoms with van der Waals surface area (Å²) in [5.74, 6) is 5.66. The number of hydrogen-bond acceptors (Lipinski definition) is 4. The SMILES string of the molecule is CCNC(=NCCC(=O)NCCOC)NN. The molecule has 0 radical (unpaired) electrons. The van der Waals surface area contributed by atoms with Crippen LogP contribution >= 0.6 is 0 Å². The number of nitrogens with two attached hydrogens (primary N) is 1. The van der Waals surface area contributed by atoms with Crippen LogP contribution in [0.3, 0.4) is 0 Å². The van der Waals surface area contributed by atoms with Gasteiger partial charge in [-0.15, -0.1) is 0 Å². The summed E-state index contributed by atoms with van der Waals surface area (Å²) in [6.07, 6.45) is 0.334. The van der Waals surface area contributed by atoms with Crippen LogP contribution in [0.25, 0.3) is 0 Å². The van der Waals surface area contributed by atoms with Gasteiger partial charge in [-0.05, 0) is 6.92 Å². The number of hydrazine groups is 1. The third kappa shape index (κ3) is 8.01. The number of carbonyl (C=O) groups excluding carboxylic acids is 1. The van der Waals surface area contributed by atoms with Crippen molar-refractivity contribution in [2.24, 2.45) is 10.8 Å². The van der Waals surface area contributed by atoms with Crippen molar-refractivity contribution >= 4 is 11.9 Å². The minimum Gasteiger partial charge on any atom is -0.383 e. The fourth-order valence-electron chi connectivity index (χ4n) is 0.970. The molecule has 0 heterocycles. The van der Waals surface area contributed by atoms with E-state index in [4.69, 9.17) is 10.6 Å². The first kappa shape index (κ1) is 14.7. The van der Waals surface area contributed by atoms with Crippen molar-refractivity contribution in [3.8, 4) is 0 Å². The molecule has 0 aromatic heterocycles. The lowest BCUT2D eigenvalue weighted by molar-refractivity contribution is -0.121. The molecule has 0 rings (SSSR count). The van der Waals surface area contributed by atoms with Gasteiger partial charge in [0.1, 0.15) is 0 Å². The van der Waals surface area contributed by atoms with E-state index in [1.54, 1.807) is 7.11 Å². The van der Waals surface area contributed by atoms with Crippen molar-refractivity contribution in [2.75, 3.05) is 33.4 Å². The number of rotatable bonds is 7. The van der Waals surface area contributed by atoms with E-state index in [2.05, 4.69) is 21.1 Å². The maximum Gasteiger partial charge on any atom is 0.221 e. The van der Waals surface area contributed by atoms with Crippen LogP contribution in [0.4, 0.5) is 0 Å². The van der Waals surface area contributed by atoms with E-state index < -0.39 is 0 Å². The van der Waals surface area contributed by atoms with Gasteiger partial charge in [-0.1, -0.05) is 0 Å². The van der Waals surface area contributed by atoms with Crippen LogP contribution in [0.15, 0.2) is 4.99 Å². The highest BCUT2D eigenvalue weighted by Crippen LogP contribution is 1.82. The first-order valence-electron chi connectivity index (χ1n) is 5.25. The Labute approximate surface area is 95.8 Å². The Morgan fingerprint density at radius 3 is 2.75 bits per heavy atom. The van der Waals surface area contributed by atoms with Gasteiger partial charge in [-0.25, -0.2) is 5.84 Å². The van der Waals surface area contributed by atoms with Gasteiger partial charge in [-0.3, -0.25) is 15.2 Å². The fourth-order valence-corrected chi connectivity index (χ4v) is 0.970. The summed E-state index contributed by atoms with van der Waals surface area (Å²) >= 11 is 0. The van der Waals surface area contributed by atoms with E-state index in [9.17, 15) is 4.79 Å². The summed E-state index contributed by atoms with van der Waals surface area (Å²) < 4.78 is 4.81. The normalized spacial score (nSPS) is 11.1. The Kier molecular flexibility index (Phi) is 9.33. The molecule has 0 spiro atoms. The predicted octanol–water partition coefficient (Wildman–Crippen LogP) is -1.43. The molecule has 1 amide bonds. The molecule has 16 heavy (non-hydrogen) atoms. The average Bonchev–Trinajstić information content (AvgIpc) is 2.28. The largest absolute Gasteiger partial charge is 0.383 e. The van der Waals surface area contributed by atoms with Gasteiger partial charge in [0, 0.05) is 26.6 Å². The van der Waals surface area contributed by atoms with Gasteiger partial charge in [0.2, 0.25) is 11.9 Å². The molecule has 0 aromatic carbocycles. The summed E-state index contributed by atoms with van der Waals surface area (Å²) in [4.78, 5) is 15.3. The predicted molar refractivity (Wildman–Crippen MR) is 62.8 cm³/mol. The maximum atomic E-state index is 11.2. The minimum absolute atomic E-state index is 0.0475. The highest BCUT2D eigenvalue weighted by atomic mass is 16.5. The molecule has 0 fully saturated rings. The Balaban J connectivity index is 3.65. The monoisotopic (exact) mass is 231 g/mol. The van der Waals surface area contributed by atoms with Gasteiger partial charge in [0.05, 0.1) is 13.2 Å². The smallest absolute Gasteiger partial charge is 0.221 e. The highest BCUT2D eigenvalue weighted by Gasteiger charge is 1.99. The van der Waals surface area contributed by atoms with Gasteiger partial charge >= 0.3 is 0 Å². The van der Waals surface area contributed by atoms with E-state index in [1.807, 2.05) is 6.92 Å². The minimum atomic E-state index is -0.0475. The molecule has 0 saturated carbocycles. The number of guanidine groups is 1. The number of amides is 1. The average molecular weight is 231 g/mol.